The Morgan fingerprint density at radius 2 is 1.87 bits per heavy atom. The first-order valence-electron chi connectivity index (χ1n) is 9.51. The van der Waals surface area contributed by atoms with Crippen LogP contribution in [0.1, 0.15) is 13.3 Å². The molecule has 1 heterocycles. The third-order valence-corrected chi connectivity index (χ3v) is 3.97. The zero-order valence-corrected chi connectivity index (χ0v) is 16.8. The Hall–Kier alpha value is -4.01. The maximum Gasteiger partial charge on any atom is 0.247 e. The van der Waals surface area contributed by atoms with Crippen LogP contribution >= 0.6 is 0 Å². The normalized spacial score (nSPS) is 10.3. The number of halogens is 2. The van der Waals surface area contributed by atoms with E-state index < -0.39 is 11.6 Å². The van der Waals surface area contributed by atoms with E-state index in [1.54, 1.807) is 30.3 Å². The van der Waals surface area contributed by atoms with Gasteiger partial charge in [-0.25, -0.2) is 13.8 Å². The van der Waals surface area contributed by atoms with Gasteiger partial charge in [-0.05, 0) is 42.8 Å². The highest BCUT2D eigenvalue weighted by Crippen LogP contribution is 2.25. The Morgan fingerprint density at radius 3 is 2.61 bits per heavy atom. The van der Waals surface area contributed by atoms with E-state index >= 15 is 0 Å². The molecule has 1 amide bonds. The molecule has 0 radical (unpaired) electrons. The van der Waals surface area contributed by atoms with E-state index in [1.807, 2.05) is 6.92 Å². The summed E-state index contributed by atoms with van der Waals surface area (Å²) >= 11 is 0. The van der Waals surface area contributed by atoms with E-state index in [9.17, 15) is 13.6 Å². The molecule has 9 heteroatoms. The van der Waals surface area contributed by atoms with Crippen LogP contribution in [0.15, 0.2) is 61.3 Å². The highest BCUT2D eigenvalue weighted by molar-refractivity contribution is 5.99. The number of hydrogen-bond donors (Lipinski definition) is 3. The van der Waals surface area contributed by atoms with Crippen molar-refractivity contribution < 1.29 is 18.3 Å². The van der Waals surface area contributed by atoms with Crippen molar-refractivity contribution in [1.29, 1.82) is 0 Å². The SMILES string of the molecule is C=CC(=O)Nc1cccc(Nc2nc(Nc3ccc(OCCC)c(F)c3)ncc2F)c1. The van der Waals surface area contributed by atoms with Gasteiger partial charge >= 0.3 is 0 Å². The number of nitrogens with zero attached hydrogens (tertiary/aromatic N) is 2. The Balaban J connectivity index is 1.75. The molecule has 2 aromatic carbocycles. The average molecular weight is 425 g/mol. The highest BCUT2D eigenvalue weighted by Gasteiger charge is 2.10. The molecule has 0 aliphatic carbocycles. The summed E-state index contributed by atoms with van der Waals surface area (Å²) < 4.78 is 33.7. The zero-order chi connectivity index (χ0) is 22.2. The molecule has 0 aliphatic rings. The van der Waals surface area contributed by atoms with E-state index in [1.165, 1.54) is 12.1 Å². The Kier molecular flexibility index (Phi) is 7.10. The second-order valence-electron chi connectivity index (χ2n) is 6.41. The van der Waals surface area contributed by atoms with Crippen molar-refractivity contribution in [1.82, 2.24) is 9.97 Å². The lowest BCUT2D eigenvalue weighted by Crippen LogP contribution is -2.07. The van der Waals surface area contributed by atoms with Crippen molar-refractivity contribution >= 4 is 34.7 Å². The summed E-state index contributed by atoms with van der Waals surface area (Å²) in [5.74, 6) is -1.44. The van der Waals surface area contributed by atoms with E-state index in [-0.39, 0.29) is 23.4 Å². The van der Waals surface area contributed by atoms with Gasteiger partial charge in [0, 0.05) is 23.1 Å². The Bertz CT molecular complexity index is 1090. The van der Waals surface area contributed by atoms with Crippen molar-refractivity contribution in [2.75, 3.05) is 22.6 Å². The fraction of sp³-hybridized carbons (Fsp3) is 0.136. The lowest BCUT2D eigenvalue weighted by Gasteiger charge is -2.11. The van der Waals surface area contributed by atoms with Gasteiger partial charge in [-0.2, -0.15) is 4.98 Å². The van der Waals surface area contributed by atoms with Crippen molar-refractivity contribution in [3.8, 4) is 5.75 Å². The van der Waals surface area contributed by atoms with Gasteiger partial charge in [0.2, 0.25) is 11.9 Å². The molecule has 0 spiro atoms. The summed E-state index contributed by atoms with van der Waals surface area (Å²) in [5, 5.41) is 8.29. The molecule has 0 saturated heterocycles. The minimum Gasteiger partial charge on any atom is -0.491 e. The number of rotatable bonds is 9. The fourth-order valence-corrected chi connectivity index (χ4v) is 2.56. The van der Waals surface area contributed by atoms with Gasteiger partial charge in [-0.15, -0.1) is 0 Å². The summed E-state index contributed by atoms with van der Waals surface area (Å²) in [5.41, 5.74) is 1.38. The molecule has 0 unspecified atom stereocenters. The molecule has 3 aromatic rings. The lowest BCUT2D eigenvalue weighted by molar-refractivity contribution is -0.111. The fourth-order valence-electron chi connectivity index (χ4n) is 2.56. The van der Waals surface area contributed by atoms with E-state index in [0.29, 0.717) is 23.7 Å². The first-order chi connectivity index (χ1) is 15.0. The zero-order valence-electron chi connectivity index (χ0n) is 16.8. The number of benzene rings is 2. The minimum atomic E-state index is -0.680. The molecule has 7 nitrogen and oxygen atoms in total. The molecule has 3 rings (SSSR count). The number of carbonyl (C=O) groups excluding carboxylic acids is 1. The largest absolute Gasteiger partial charge is 0.491 e. The third-order valence-electron chi connectivity index (χ3n) is 3.97. The molecule has 0 aliphatic heterocycles. The van der Waals surface area contributed by atoms with Gasteiger partial charge in [-0.1, -0.05) is 19.6 Å². The van der Waals surface area contributed by atoms with Crippen molar-refractivity contribution in [2.45, 2.75) is 13.3 Å². The number of hydrogen-bond acceptors (Lipinski definition) is 6. The molecular weight excluding hydrogens is 404 g/mol. The summed E-state index contributed by atoms with van der Waals surface area (Å²) in [6.45, 7) is 5.74. The Morgan fingerprint density at radius 1 is 1.10 bits per heavy atom. The number of amides is 1. The predicted molar refractivity (Wildman–Crippen MR) is 116 cm³/mol. The van der Waals surface area contributed by atoms with Crippen LogP contribution in [0.25, 0.3) is 0 Å². The van der Waals surface area contributed by atoms with Crippen LogP contribution in [-0.2, 0) is 4.79 Å². The summed E-state index contributed by atoms with van der Waals surface area (Å²) in [6.07, 6.45) is 2.91. The molecule has 0 saturated carbocycles. The van der Waals surface area contributed by atoms with Gasteiger partial charge in [0.05, 0.1) is 12.8 Å². The Labute approximate surface area is 178 Å². The first-order valence-corrected chi connectivity index (χ1v) is 9.51. The number of anilines is 5. The average Bonchev–Trinajstić information content (AvgIpc) is 2.76. The van der Waals surface area contributed by atoms with Crippen LogP contribution in [0.5, 0.6) is 5.75 Å². The van der Waals surface area contributed by atoms with Gasteiger partial charge in [0.1, 0.15) is 0 Å². The molecule has 1 aromatic heterocycles. The molecule has 0 atom stereocenters. The van der Waals surface area contributed by atoms with Crippen molar-refractivity contribution in [2.24, 2.45) is 0 Å². The molecule has 0 fully saturated rings. The van der Waals surface area contributed by atoms with Crippen LogP contribution in [-0.4, -0.2) is 22.5 Å². The van der Waals surface area contributed by atoms with Gasteiger partial charge in [0.25, 0.3) is 0 Å². The van der Waals surface area contributed by atoms with Crippen LogP contribution in [0.3, 0.4) is 0 Å². The van der Waals surface area contributed by atoms with Crippen LogP contribution in [0.4, 0.5) is 37.6 Å². The number of ether oxygens (including phenoxy) is 1. The van der Waals surface area contributed by atoms with Crippen LogP contribution < -0.4 is 20.7 Å². The maximum atomic E-state index is 14.2. The highest BCUT2D eigenvalue weighted by atomic mass is 19.1. The number of nitrogens with one attached hydrogen (secondary N) is 3. The summed E-state index contributed by atoms with van der Waals surface area (Å²) in [7, 11) is 0. The van der Waals surface area contributed by atoms with Crippen molar-refractivity contribution in [3.63, 3.8) is 0 Å². The van der Waals surface area contributed by atoms with Crippen LogP contribution in [0.2, 0.25) is 0 Å². The predicted octanol–water partition coefficient (Wildman–Crippen LogP) is 5.16. The van der Waals surface area contributed by atoms with Crippen molar-refractivity contribution in [3.05, 3.63) is 73.0 Å². The van der Waals surface area contributed by atoms with Crippen LogP contribution in [0, 0.1) is 11.6 Å². The molecular formula is C22H21F2N5O2. The first kappa shape index (κ1) is 21.7. The second kappa shape index (κ2) is 10.1. The lowest BCUT2D eigenvalue weighted by atomic mass is 10.2. The topological polar surface area (TPSA) is 88.2 Å². The monoisotopic (exact) mass is 425 g/mol. The van der Waals surface area contributed by atoms with E-state index in [0.717, 1.165) is 18.7 Å². The van der Waals surface area contributed by atoms with E-state index in [4.69, 9.17) is 4.74 Å². The molecule has 160 valence electrons. The number of carbonyl (C=O) groups is 1. The van der Waals surface area contributed by atoms with Gasteiger partial charge in [-0.3, -0.25) is 4.79 Å². The summed E-state index contributed by atoms with van der Waals surface area (Å²) in [4.78, 5) is 19.4. The number of aromatic nitrogens is 2. The molecule has 31 heavy (non-hydrogen) atoms. The quantitative estimate of drug-likeness (QED) is 0.411. The molecule has 3 N–H and O–H groups in total. The third kappa shape index (κ3) is 5.99. The molecule has 0 bridgehead atoms. The van der Waals surface area contributed by atoms with Gasteiger partial charge in [0.15, 0.2) is 23.2 Å². The van der Waals surface area contributed by atoms with E-state index in [2.05, 4.69) is 32.5 Å². The minimum absolute atomic E-state index is 0.0710. The summed E-state index contributed by atoms with van der Waals surface area (Å²) in [6, 6.07) is 11.0. The maximum absolute atomic E-state index is 14.2. The standard InChI is InChI=1S/C22H21F2N5O2/c1-3-10-31-19-9-8-16(12-17(19)23)28-22-25-13-18(24)21(29-22)27-15-7-5-6-14(11-15)26-20(30)4-2/h4-9,11-13H,2-3,10H2,1H3,(H,26,30)(H2,25,27,28,29). The smallest absolute Gasteiger partial charge is 0.247 e. The second-order valence-corrected chi connectivity index (χ2v) is 6.41. The van der Waals surface area contributed by atoms with Gasteiger partial charge < -0.3 is 20.7 Å².